The Labute approximate surface area is 200 Å². The molecule has 0 spiro atoms. The van der Waals surface area contributed by atoms with Gasteiger partial charge in [-0.05, 0) is 50.6 Å². The molecule has 2 aromatic carbocycles. The van der Waals surface area contributed by atoms with Crippen molar-refractivity contribution in [1.82, 2.24) is 15.0 Å². The van der Waals surface area contributed by atoms with Gasteiger partial charge in [-0.25, -0.2) is 0 Å². The van der Waals surface area contributed by atoms with Crippen molar-refractivity contribution in [2.75, 3.05) is 6.61 Å². The summed E-state index contributed by atoms with van der Waals surface area (Å²) < 4.78 is 10.9. The lowest BCUT2D eigenvalue weighted by molar-refractivity contribution is -0.385. The van der Waals surface area contributed by atoms with Crippen LogP contribution in [-0.2, 0) is 11.3 Å². The van der Waals surface area contributed by atoms with E-state index in [0.29, 0.717) is 39.2 Å². The number of ether oxygens (including phenoxy) is 1. The number of carbonyl (C=O) groups excluding carboxylic acids is 1. The van der Waals surface area contributed by atoms with Gasteiger partial charge in [0.1, 0.15) is 12.3 Å². The third-order valence-corrected chi connectivity index (χ3v) is 5.66. The zero-order valence-electron chi connectivity index (χ0n) is 18.2. The van der Waals surface area contributed by atoms with Crippen LogP contribution in [0.1, 0.15) is 31.7 Å². The summed E-state index contributed by atoms with van der Waals surface area (Å²) in [5.74, 6) is 0.620. The molecule has 1 heterocycles. The molecule has 1 aromatic heterocycles. The highest BCUT2D eigenvalue weighted by Gasteiger charge is 2.23. The Kier molecular flexibility index (Phi) is 7.88. The molecule has 3 rings (SSSR count). The number of rotatable bonds is 9. The number of amides is 1. The summed E-state index contributed by atoms with van der Waals surface area (Å²) >= 11 is 12.1. The number of nitro groups is 1. The Bertz CT molecular complexity index is 1170. The second-order valence-electron chi connectivity index (χ2n) is 7.41. The van der Waals surface area contributed by atoms with Gasteiger partial charge in [-0.2, -0.15) is 4.98 Å². The monoisotopic (exact) mass is 492 g/mol. The van der Waals surface area contributed by atoms with Gasteiger partial charge >= 0.3 is 0 Å². The number of aryl methyl sites for hydroxylation is 1. The highest BCUT2D eigenvalue weighted by molar-refractivity contribution is 6.36. The topological polar surface area (TPSA) is 112 Å². The van der Waals surface area contributed by atoms with Gasteiger partial charge in [0, 0.05) is 28.3 Å². The van der Waals surface area contributed by atoms with Crippen molar-refractivity contribution in [3.8, 4) is 17.1 Å². The van der Waals surface area contributed by atoms with E-state index in [1.54, 1.807) is 30.0 Å². The first kappa shape index (κ1) is 24.5. The van der Waals surface area contributed by atoms with E-state index in [1.807, 2.05) is 13.8 Å². The van der Waals surface area contributed by atoms with Crippen LogP contribution in [0.3, 0.4) is 0 Å². The second kappa shape index (κ2) is 10.6. The van der Waals surface area contributed by atoms with Crippen molar-refractivity contribution in [3.05, 3.63) is 68.0 Å². The van der Waals surface area contributed by atoms with E-state index >= 15 is 0 Å². The van der Waals surface area contributed by atoms with Gasteiger partial charge in [0.05, 0.1) is 9.95 Å². The number of nitro benzene ring substituents is 1. The number of carbonyl (C=O) groups is 1. The smallest absolute Gasteiger partial charge is 0.272 e. The van der Waals surface area contributed by atoms with E-state index in [9.17, 15) is 14.9 Å². The van der Waals surface area contributed by atoms with Gasteiger partial charge in [0.25, 0.3) is 11.6 Å². The fourth-order valence-electron chi connectivity index (χ4n) is 3.11. The first-order valence-corrected chi connectivity index (χ1v) is 10.9. The SMILES string of the molecule is CC[C@@H](C)N(Cc1nc(-c2ccc(Cl)cc2Cl)no1)C(=O)COc1ccc([N+](=O)[O-])c(C)c1. The maximum absolute atomic E-state index is 12.9. The number of halogens is 2. The molecule has 1 amide bonds. The maximum Gasteiger partial charge on any atom is 0.272 e. The second-order valence-corrected chi connectivity index (χ2v) is 8.25. The minimum absolute atomic E-state index is 0.0112. The molecule has 11 heteroatoms. The summed E-state index contributed by atoms with van der Waals surface area (Å²) in [7, 11) is 0. The molecule has 0 N–H and O–H groups in total. The molecule has 0 radical (unpaired) electrons. The molecule has 1 atom stereocenters. The summed E-state index contributed by atoms with van der Waals surface area (Å²) in [6.45, 7) is 5.32. The van der Waals surface area contributed by atoms with E-state index in [2.05, 4.69) is 10.1 Å². The van der Waals surface area contributed by atoms with Gasteiger partial charge in [0.15, 0.2) is 6.61 Å². The molecular weight excluding hydrogens is 471 g/mol. The summed E-state index contributed by atoms with van der Waals surface area (Å²) in [5.41, 5.74) is 1.00. The molecule has 3 aromatic rings. The fraction of sp³-hybridized carbons (Fsp3) is 0.318. The normalized spacial score (nSPS) is 11.8. The summed E-state index contributed by atoms with van der Waals surface area (Å²) in [6.07, 6.45) is 0.701. The zero-order chi connectivity index (χ0) is 24.1. The minimum atomic E-state index is -0.467. The van der Waals surface area contributed by atoms with Crippen molar-refractivity contribution < 1.29 is 19.0 Å². The molecule has 0 fully saturated rings. The van der Waals surface area contributed by atoms with Gasteiger partial charge < -0.3 is 14.2 Å². The molecular formula is C22H22Cl2N4O5. The zero-order valence-corrected chi connectivity index (χ0v) is 19.8. The predicted molar refractivity (Wildman–Crippen MR) is 123 cm³/mol. The average Bonchev–Trinajstić information content (AvgIpc) is 3.23. The lowest BCUT2D eigenvalue weighted by Crippen LogP contribution is -2.40. The van der Waals surface area contributed by atoms with Crippen LogP contribution in [-0.4, -0.2) is 38.5 Å². The van der Waals surface area contributed by atoms with Crippen LogP contribution in [0.25, 0.3) is 11.4 Å². The number of nitrogens with zero attached hydrogens (tertiary/aromatic N) is 4. The lowest BCUT2D eigenvalue weighted by atomic mass is 10.2. The molecule has 0 aliphatic rings. The van der Waals surface area contributed by atoms with E-state index < -0.39 is 4.92 Å². The third kappa shape index (κ3) is 6.00. The fourth-order valence-corrected chi connectivity index (χ4v) is 3.60. The highest BCUT2D eigenvalue weighted by atomic mass is 35.5. The van der Waals surface area contributed by atoms with Gasteiger partial charge in [0.2, 0.25) is 11.7 Å². The van der Waals surface area contributed by atoms with Crippen LogP contribution >= 0.6 is 23.2 Å². The van der Waals surface area contributed by atoms with Gasteiger partial charge in [-0.1, -0.05) is 35.3 Å². The van der Waals surface area contributed by atoms with Crippen molar-refractivity contribution in [2.45, 2.75) is 39.8 Å². The lowest BCUT2D eigenvalue weighted by Gasteiger charge is -2.27. The number of hydrogen-bond acceptors (Lipinski definition) is 7. The molecule has 0 aliphatic carbocycles. The molecule has 174 valence electrons. The summed E-state index contributed by atoms with van der Waals surface area (Å²) in [6, 6.07) is 9.17. The van der Waals surface area contributed by atoms with Crippen LogP contribution in [0.2, 0.25) is 10.0 Å². The standard InChI is InChI=1S/C22H22Cl2N4O5/c1-4-14(3)27(21(29)12-32-16-6-8-19(28(30)31)13(2)9-16)11-20-25-22(26-33-20)17-7-5-15(23)10-18(17)24/h5-10,14H,4,11-12H2,1-3H3/t14-/m1/s1. The molecule has 0 unspecified atom stereocenters. The average molecular weight is 493 g/mol. The molecule has 0 saturated carbocycles. The van der Waals surface area contributed by atoms with Crippen LogP contribution < -0.4 is 4.74 Å². The van der Waals surface area contributed by atoms with E-state index in [0.717, 1.165) is 0 Å². The van der Waals surface area contributed by atoms with Crippen molar-refractivity contribution in [2.24, 2.45) is 0 Å². The molecule has 33 heavy (non-hydrogen) atoms. The Morgan fingerprint density at radius 3 is 2.67 bits per heavy atom. The Balaban J connectivity index is 1.71. The summed E-state index contributed by atoms with van der Waals surface area (Å²) in [4.78, 5) is 29.4. The summed E-state index contributed by atoms with van der Waals surface area (Å²) in [5, 5.41) is 15.8. The molecule has 0 bridgehead atoms. The Morgan fingerprint density at radius 2 is 2.03 bits per heavy atom. The van der Waals surface area contributed by atoms with Crippen LogP contribution in [0.4, 0.5) is 5.69 Å². The largest absolute Gasteiger partial charge is 0.484 e. The van der Waals surface area contributed by atoms with E-state index in [-0.39, 0.29) is 36.7 Å². The number of benzene rings is 2. The molecule has 0 aliphatic heterocycles. The molecule has 0 saturated heterocycles. The van der Waals surface area contributed by atoms with Gasteiger partial charge in [-0.3, -0.25) is 14.9 Å². The van der Waals surface area contributed by atoms with E-state index in [1.165, 1.54) is 18.2 Å². The quantitative estimate of drug-likeness (QED) is 0.287. The van der Waals surface area contributed by atoms with Crippen LogP contribution in [0.15, 0.2) is 40.9 Å². The van der Waals surface area contributed by atoms with Crippen molar-refractivity contribution in [1.29, 1.82) is 0 Å². The van der Waals surface area contributed by atoms with Crippen LogP contribution in [0, 0.1) is 17.0 Å². The Morgan fingerprint density at radius 1 is 1.27 bits per heavy atom. The van der Waals surface area contributed by atoms with E-state index in [4.69, 9.17) is 32.5 Å². The third-order valence-electron chi connectivity index (χ3n) is 5.12. The number of aromatic nitrogens is 2. The predicted octanol–water partition coefficient (Wildman–Crippen LogP) is 5.47. The minimum Gasteiger partial charge on any atom is -0.484 e. The maximum atomic E-state index is 12.9. The highest BCUT2D eigenvalue weighted by Crippen LogP contribution is 2.29. The van der Waals surface area contributed by atoms with Crippen molar-refractivity contribution >= 4 is 34.8 Å². The Hall–Kier alpha value is -3.17. The van der Waals surface area contributed by atoms with Crippen LogP contribution in [0.5, 0.6) is 5.75 Å². The first-order chi connectivity index (χ1) is 15.7. The van der Waals surface area contributed by atoms with Gasteiger partial charge in [-0.15, -0.1) is 0 Å². The van der Waals surface area contributed by atoms with Crippen molar-refractivity contribution in [3.63, 3.8) is 0 Å². The molecule has 9 nitrogen and oxygen atoms in total. The number of hydrogen-bond donors (Lipinski definition) is 0. The first-order valence-electron chi connectivity index (χ1n) is 10.1.